The van der Waals surface area contributed by atoms with E-state index < -0.39 is 5.97 Å². The van der Waals surface area contributed by atoms with Crippen molar-refractivity contribution in [3.05, 3.63) is 114 Å². The monoisotopic (exact) mass is 420 g/mol. The second-order valence-electron chi connectivity index (χ2n) is 7.00. The van der Waals surface area contributed by atoms with Gasteiger partial charge in [0.2, 0.25) is 0 Å². The summed E-state index contributed by atoms with van der Waals surface area (Å²) in [4.78, 5) is 12.6. The number of rotatable bonds is 6. The zero-order chi connectivity index (χ0) is 22.3. The maximum Gasteiger partial charge on any atom is 0.343 e. The first-order valence-corrected chi connectivity index (χ1v) is 9.98. The highest BCUT2D eigenvalue weighted by molar-refractivity contribution is 5.92. The molecule has 0 fully saturated rings. The summed E-state index contributed by atoms with van der Waals surface area (Å²) >= 11 is 0. The fourth-order valence-corrected chi connectivity index (χ4v) is 3.23. The Morgan fingerprint density at radius 1 is 0.875 bits per heavy atom. The molecule has 4 aromatic rings. The minimum absolute atomic E-state index is 0.408. The summed E-state index contributed by atoms with van der Waals surface area (Å²) < 4.78 is 12.7. The van der Waals surface area contributed by atoms with Gasteiger partial charge in [0.05, 0.1) is 24.3 Å². The van der Waals surface area contributed by atoms with Crippen LogP contribution in [0.3, 0.4) is 0 Å². The van der Waals surface area contributed by atoms with Gasteiger partial charge in [-0.15, -0.1) is 0 Å². The first kappa shape index (κ1) is 20.7. The van der Waals surface area contributed by atoms with Crippen molar-refractivity contribution in [3.63, 3.8) is 0 Å². The molecule has 0 aliphatic rings. The van der Waals surface area contributed by atoms with Crippen LogP contribution in [0.5, 0.6) is 11.5 Å². The van der Waals surface area contributed by atoms with Gasteiger partial charge in [0, 0.05) is 18.1 Å². The molecule has 156 valence electrons. The third kappa shape index (κ3) is 4.77. The van der Waals surface area contributed by atoms with Crippen LogP contribution in [0.2, 0.25) is 0 Å². The molecular formula is C27H20N2O3. The van der Waals surface area contributed by atoms with E-state index in [0.29, 0.717) is 16.9 Å². The van der Waals surface area contributed by atoms with Gasteiger partial charge in [-0.25, -0.2) is 4.79 Å². The van der Waals surface area contributed by atoms with E-state index in [4.69, 9.17) is 9.47 Å². The summed E-state index contributed by atoms with van der Waals surface area (Å²) in [6.07, 6.45) is 5.63. The number of benzene rings is 3. The van der Waals surface area contributed by atoms with Crippen molar-refractivity contribution in [2.75, 3.05) is 7.11 Å². The van der Waals surface area contributed by atoms with Gasteiger partial charge in [0.1, 0.15) is 11.5 Å². The smallest absolute Gasteiger partial charge is 0.343 e. The van der Waals surface area contributed by atoms with E-state index in [-0.39, 0.29) is 0 Å². The number of carbonyl (C=O) groups excluding carboxylic acids is 1. The molecule has 0 bridgehead atoms. The number of aromatic nitrogens is 1. The van der Waals surface area contributed by atoms with E-state index in [9.17, 15) is 10.1 Å². The van der Waals surface area contributed by atoms with Crippen LogP contribution in [0.15, 0.2) is 97.3 Å². The summed E-state index contributed by atoms with van der Waals surface area (Å²) in [5.41, 5.74) is 3.44. The van der Waals surface area contributed by atoms with Gasteiger partial charge in [-0.05, 0) is 90.0 Å². The lowest BCUT2D eigenvalue weighted by Gasteiger charge is -2.07. The van der Waals surface area contributed by atoms with E-state index in [1.54, 1.807) is 55.7 Å². The van der Waals surface area contributed by atoms with Gasteiger partial charge in [0.25, 0.3) is 0 Å². The fraction of sp³-hybridized carbons (Fsp3) is 0.0370. The zero-order valence-electron chi connectivity index (χ0n) is 17.4. The molecule has 4 rings (SSSR count). The predicted molar refractivity (Wildman–Crippen MR) is 124 cm³/mol. The van der Waals surface area contributed by atoms with Crippen LogP contribution in [-0.2, 0) is 0 Å². The van der Waals surface area contributed by atoms with Crippen LogP contribution in [-0.4, -0.2) is 17.6 Å². The molecule has 0 aliphatic heterocycles. The lowest BCUT2D eigenvalue weighted by atomic mass is 10.0. The molecule has 3 aromatic carbocycles. The van der Waals surface area contributed by atoms with Gasteiger partial charge >= 0.3 is 5.97 Å². The second-order valence-corrected chi connectivity index (χ2v) is 7.00. The third-order valence-corrected chi connectivity index (χ3v) is 4.91. The molecule has 0 spiro atoms. The molecule has 32 heavy (non-hydrogen) atoms. The quantitative estimate of drug-likeness (QED) is 0.172. The molecule has 0 saturated carbocycles. The molecular weight excluding hydrogens is 400 g/mol. The number of nitriles is 1. The van der Waals surface area contributed by atoms with Gasteiger partial charge in [-0.1, -0.05) is 12.1 Å². The highest BCUT2D eigenvalue weighted by atomic mass is 16.5. The largest absolute Gasteiger partial charge is 0.497 e. The van der Waals surface area contributed by atoms with Gasteiger partial charge in [0.15, 0.2) is 0 Å². The highest BCUT2D eigenvalue weighted by Gasteiger charge is 2.10. The van der Waals surface area contributed by atoms with E-state index in [1.165, 1.54) is 0 Å². The molecule has 1 aromatic heterocycles. The van der Waals surface area contributed by atoms with Gasteiger partial charge in [-0.3, -0.25) is 0 Å². The Morgan fingerprint density at radius 3 is 2.22 bits per heavy atom. The molecule has 0 amide bonds. The van der Waals surface area contributed by atoms with Crippen LogP contribution in [0, 0.1) is 11.3 Å². The first-order valence-electron chi connectivity index (χ1n) is 9.98. The average molecular weight is 420 g/mol. The second kappa shape index (κ2) is 9.50. The lowest BCUT2D eigenvalue weighted by molar-refractivity contribution is 0.0735. The van der Waals surface area contributed by atoms with Crippen molar-refractivity contribution >= 4 is 17.6 Å². The van der Waals surface area contributed by atoms with Crippen LogP contribution in [0.1, 0.15) is 21.5 Å². The summed E-state index contributed by atoms with van der Waals surface area (Å²) in [5.74, 6) is 0.687. The van der Waals surface area contributed by atoms with Crippen molar-refractivity contribution in [3.8, 4) is 23.3 Å². The number of ether oxygens (including phenoxy) is 2. The predicted octanol–water partition coefficient (Wildman–Crippen LogP) is 5.77. The van der Waals surface area contributed by atoms with Crippen LogP contribution in [0.25, 0.3) is 17.3 Å². The van der Waals surface area contributed by atoms with E-state index in [0.717, 1.165) is 22.6 Å². The summed E-state index contributed by atoms with van der Waals surface area (Å²) in [5, 5.41) is 9.58. The Kier molecular flexibility index (Phi) is 6.15. The standard InChI is InChI=1S/C27H20N2O3/c1-31-25-13-9-21(10-14-25)23(19-28)17-20-5-4-6-26(18-20)32-27(30)22-7-11-24(12-8-22)29-15-2-3-16-29/h2-18H,1H3/b23-17-. The Labute approximate surface area is 186 Å². The summed E-state index contributed by atoms with van der Waals surface area (Å²) in [7, 11) is 1.60. The molecule has 5 heteroatoms. The molecule has 0 radical (unpaired) electrons. The number of hydrogen-bond donors (Lipinski definition) is 0. The minimum atomic E-state index is -0.444. The van der Waals surface area contributed by atoms with Crippen LogP contribution >= 0.6 is 0 Å². The van der Waals surface area contributed by atoms with Crippen LogP contribution in [0.4, 0.5) is 0 Å². The summed E-state index contributed by atoms with van der Waals surface area (Å²) in [6, 6.07) is 27.6. The van der Waals surface area contributed by atoms with Gasteiger partial charge in [-0.2, -0.15) is 5.26 Å². The number of esters is 1. The number of allylic oxidation sites excluding steroid dienone is 1. The molecule has 0 unspecified atom stereocenters. The van der Waals surface area contributed by atoms with E-state index in [2.05, 4.69) is 6.07 Å². The Bertz CT molecular complexity index is 1280. The molecule has 0 aliphatic carbocycles. The topological polar surface area (TPSA) is 64.2 Å². The van der Waals surface area contributed by atoms with E-state index >= 15 is 0 Å². The van der Waals surface area contributed by atoms with Crippen molar-refractivity contribution in [1.82, 2.24) is 4.57 Å². The molecule has 5 nitrogen and oxygen atoms in total. The molecule has 0 N–H and O–H groups in total. The molecule has 0 saturated heterocycles. The van der Waals surface area contributed by atoms with Crippen molar-refractivity contribution in [2.24, 2.45) is 0 Å². The number of carbonyl (C=O) groups is 1. The molecule has 1 heterocycles. The summed E-state index contributed by atoms with van der Waals surface area (Å²) in [6.45, 7) is 0. The maximum absolute atomic E-state index is 12.6. The maximum atomic E-state index is 12.6. The minimum Gasteiger partial charge on any atom is -0.497 e. The highest BCUT2D eigenvalue weighted by Crippen LogP contribution is 2.23. The van der Waals surface area contributed by atoms with Crippen molar-refractivity contribution in [1.29, 1.82) is 5.26 Å². The van der Waals surface area contributed by atoms with Gasteiger partial charge < -0.3 is 14.0 Å². The Hall–Kier alpha value is -4.56. The number of methoxy groups -OCH3 is 1. The third-order valence-electron chi connectivity index (χ3n) is 4.91. The Balaban J connectivity index is 1.50. The van der Waals surface area contributed by atoms with Crippen LogP contribution < -0.4 is 9.47 Å². The lowest BCUT2D eigenvalue weighted by Crippen LogP contribution is -2.08. The fourth-order valence-electron chi connectivity index (χ4n) is 3.23. The van der Waals surface area contributed by atoms with E-state index in [1.807, 2.05) is 59.4 Å². The first-order chi connectivity index (χ1) is 15.7. The molecule has 0 atom stereocenters. The van der Waals surface area contributed by atoms with Crippen molar-refractivity contribution in [2.45, 2.75) is 0 Å². The Morgan fingerprint density at radius 2 is 1.56 bits per heavy atom. The van der Waals surface area contributed by atoms with Crippen molar-refractivity contribution < 1.29 is 14.3 Å². The SMILES string of the molecule is COc1ccc(/C(C#N)=C\c2cccc(OC(=O)c3ccc(-n4cccc4)cc3)c2)cc1. The normalized spacial score (nSPS) is 10.9. The zero-order valence-corrected chi connectivity index (χ0v) is 17.4. The number of hydrogen-bond acceptors (Lipinski definition) is 4. The average Bonchev–Trinajstić information content (AvgIpc) is 3.38. The number of nitrogens with zero attached hydrogens (tertiary/aromatic N) is 2.